The summed E-state index contributed by atoms with van der Waals surface area (Å²) in [4.78, 5) is 69.6. The third-order valence-electron chi connectivity index (χ3n) is 9.41. The van der Waals surface area contributed by atoms with Crippen molar-refractivity contribution in [1.82, 2.24) is 9.80 Å². The van der Waals surface area contributed by atoms with Gasteiger partial charge in [0.05, 0.1) is 17.5 Å². The average molecular weight is 558 g/mol. The molecule has 3 fully saturated rings. The number of ketones is 4. The van der Waals surface area contributed by atoms with Crippen molar-refractivity contribution < 1.29 is 38.6 Å². The van der Waals surface area contributed by atoms with E-state index in [2.05, 4.69) is 18.7 Å². The molecule has 1 aromatic rings. The first-order valence-electron chi connectivity index (χ1n) is 13.8. The second kappa shape index (κ2) is 9.81. The van der Waals surface area contributed by atoms with E-state index in [1.807, 2.05) is 0 Å². The normalized spacial score (nSPS) is 36.3. The van der Waals surface area contributed by atoms with E-state index >= 15 is 4.39 Å². The van der Waals surface area contributed by atoms with E-state index in [1.54, 1.807) is 0 Å². The Hall–Kier alpha value is -3.02. The molecule has 4 N–H and O–H groups in total. The molecule has 216 valence electrons. The molecule has 40 heavy (non-hydrogen) atoms. The van der Waals surface area contributed by atoms with E-state index in [9.17, 15) is 34.2 Å². The smallest absolute Gasteiger partial charge is 0.235 e. The van der Waals surface area contributed by atoms with Gasteiger partial charge in [-0.15, -0.1) is 0 Å². The number of nitrogens with zero attached hydrogens (tertiary/aromatic N) is 2. The number of fused-ring (bicyclic) bond motifs is 3. The first kappa shape index (κ1) is 28.5. The molecular formula is C29H36FN3O7. The van der Waals surface area contributed by atoms with Crippen molar-refractivity contribution in [1.29, 1.82) is 0 Å². The fourth-order valence-electron chi connectivity index (χ4n) is 7.98. The van der Waals surface area contributed by atoms with Gasteiger partial charge in [-0.25, -0.2) is 4.39 Å². The van der Waals surface area contributed by atoms with Crippen LogP contribution in [0, 0.1) is 41.3 Å². The van der Waals surface area contributed by atoms with E-state index in [0.717, 1.165) is 19.5 Å². The number of carbonyl (C=O) groups is 5. The summed E-state index contributed by atoms with van der Waals surface area (Å²) in [6.07, 6.45) is 0.869. The summed E-state index contributed by atoms with van der Waals surface area (Å²) in [5, 5.41) is 22.5. The molecule has 1 aromatic carbocycles. The molecule has 1 heterocycles. The van der Waals surface area contributed by atoms with Crippen LogP contribution in [0.1, 0.15) is 48.2 Å². The Balaban J connectivity index is 1.55. The number of hydrogen-bond acceptors (Lipinski definition) is 9. The zero-order valence-corrected chi connectivity index (χ0v) is 23.1. The van der Waals surface area contributed by atoms with Crippen LogP contribution in [0.4, 0.5) is 4.39 Å². The fourth-order valence-corrected chi connectivity index (χ4v) is 7.98. The topological polar surface area (TPSA) is 158 Å². The molecular weight excluding hydrogens is 521 g/mol. The summed E-state index contributed by atoms with van der Waals surface area (Å²) < 4.78 is 16.0. The maximum absolute atomic E-state index is 16.0. The number of nitrogens with two attached hydrogens (primary N) is 1. The van der Waals surface area contributed by atoms with E-state index in [0.29, 0.717) is 11.8 Å². The van der Waals surface area contributed by atoms with Gasteiger partial charge in [0.15, 0.2) is 34.7 Å². The maximum Gasteiger partial charge on any atom is 0.235 e. The van der Waals surface area contributed by atoms with Gasteiger partial charge >= 0.3 is 0 Å². The number of rotatable bonds is 4. The Bertz CT molecular complexity index is 1320. The number of halogens is 1. The average Bonchev–Trinajstić information content (AvgIpc) is 2.83. The fraction of sp³-hybridized carbons (Fsp3) is 0.621. The summed E-state index contributed by atoms with van der Waals surface area (Å²) in [5.41, 5.74) is 2.45. The summed E-state index contributed by atoms with van der Waals surface area (Å²) in [6, 6.07) is 0.0193. The first-order valence-corrected chi connectivity index (χ1v) is 13.8. The second-order valence-electron chi connectivity index (χ2n) is 12.7. The van der Waals surface area contributed by atoms with Gasteiger partial charge in [0.25, 0.3) is 0 Å². The number of hydrogen-bond donors (Lipinski definition) is 3. The van der Waals surface area contributed by atoms with Crippen molar-refractivity contribution in [2.75, 3.05) is 27.2 Å². The van der Waals surface area contributed by atoms with Gasteiger partial charge in [-0.05, 0) is 57.2 Å². The Kier molecular flexibility index (Phi) is 6.99. The second-order valence-corrected chi connectivity index (χ2v) is 12.7. The number of aliphatic hydroxyl groups is 1. The summed E-state index contributed by atoms with van der Waals surface area (Å²) in [5.74, 6) is -11.3. The lowest BCUT2D eigenvalue weighted by molar-refractivity contribution is -0.181. The van der Waals surface area contributed by atoms with Crippen LogP contribution in [0.5, 0.6) is 5.75 Å². The molecule has 11 heteroatoms. The number of phenols is 1. The number of likely N-dealkylation sites (tertiary alicyclic amines) is 1. The van der Waals surface area contributed by atoms with Crippen LogP contribution in [0.3, 0.4) is 0 Å². The molecule has 1 aliphatic heterocycles. The minimum absolute atomic E-state index is 0.00229. The van der Waals surface area contributed by atoms with E-state index in [1.165, 1.54) is 25.1 Å². The minimum atomic E-state index is -2.80. The summed E-state index contributed by atoms with van der Waals surface area (Å²) in [7, 11) is 3.03. The number of primary amides is 1. The highest BCUT2D eigenvalue weighted by Gasteiger charge is 2.69. The third kappa shape index (κ3) is 4.12. The van der Waals surface area contributed by atoms with Crippen LogP contribution >= 0.6 is 0 Å². The number of piperidine rings is 1. The highest BCUT2D eigenvalue weighted by Crippen LogP contribution is 2.51. The van der Waals surface area contributed by atoms with E-state index in [4.69, 9.17) is 5.73 Å². The first-order chi connectivity index (χ1) is 18.7. The van der Waals surface area contributed by atoms with Gasteiger partial charge in [-0.2, -0.15) is 0 Å². The Morgan fingerprint density at radius 3 is 2.33 bits per heavy atom. The quantitative estimate of drug-likeness (QED) is 0.448. The largest absolute Gasteiger partial charge is 0.507 e. The van der Waals surface area contributed by atoms with Crippen LogP contribution in [-0.2, 0) is 32.1 Å². The molecule has 4 aliphatic rings. The predicted octanol–water partition coefficient (Wildman–Crippen LogP) is 0.484. The molecule has 1 amide bonds. The number of aromatic hydroxyl groups is 1. The number of likely N-dealkylation sites (N-methyl/N-ethyl adjacent to an activating group) is 1. The molecule has 1 saturated heterocycles. The zero-order chi connectivity index (χ0) is 29.4. The molecule has 8 atom stereocenters. The molecule has 0 radical (unpaired) electrons. The predicted molar refractivity (Wildman–Crippen MR) is 140 cm³/mol. The lowest BCUT2D eigenvalue weighted by atomic mass is 9.52. The number of benzene rings is 1. The zero-order valence-electron chi connectivity index (χ0n) is 23.1. The highest BCUT2D eigenvalue weighted by atomic mass is 19.1. The van der Waals surface area contributed by atoms with Crippen molar-refractivity contribution in [3.8, 4) is 5.75 Å². The minimum Gasteiger partial charge on any atom is -0.507 e. The highest BCUT2D eigenvalue weighted by molar-refractivity contribution is 6.32. The number of Topliss-reactive ketones (excluding diaryl/α,β-unsaturated/α-hetero) is 4. The van der Waals surface area contributed by atoms with Crippen molar-refractivity contribution in [2.24, 2.45) is 41.2 Å². The number of phenolic OH excluding ortho intramolecular Hbond substituents is 1. The Morgan fingerprint density at radius 1 is 1.12 bits per heavy atom. The van der Waals surface area contributed by atoms with Crippen LogP contribution < -0.4 is 5.73 Å². The molecule has 0 spiro atoms. The monoisotopic (exact) mass is 557 g/mol. The van der Waals surface area contributed by atoms with Crippen LogP contribution in [-0.4, -0.2) is 87.9 Å². The lowest BCUT2D eigenvalue weighted by Gasteiger charge is -2.52. The van der Waals surface area contributed by atoms with Gasteiger partial charge in [0.2, 0.25) is 5.91 Å². The summed E-state index contributed by atoms with van der Waals surface area (Å²) in [6.45, 7) is 6.08. The van der Waals surface area contributed by atoms with Gasteiger partial charge in [0.1, 0.15) is 11.6 Å². The van der Waals surface area contributed by atoms with E-state index in [-0.39, 0.29) is 36.1 Å². The standard InChI is InChI=1S/C29H36FN3O7/c1-12-5-13(2)10-33(9-12)11-15-8-18(34)20-16(22(15)30)6-14-7-17-23(32(3)4)25(36)21(28(31)39)27(38)29(17,40)26(37)19(14)24(20)35/h8,12-14,17,19,21,23,34,40H,5-7,9-11H2,1-4H3,(H2,31,39)/t12-,13+,14-,17-,19?,21?,23-,29-/m0/s1. The van der Waals surface area contributed by atoms with Gasteiger partial charge in [-0.1, -0.05) is 13.8 Å². The van der Waals surface area contributed by atoms with Crippen molar-refractivity contribution in [3.63, 3.8) is 0 Å². The third-order valence-corrected chi connectivity index (χ3v) is 9.41. The van der Waals surface area contributed by atoms with Crippen LogP contribution in [0.2, 0.25) is 0 Å². The lowest BCUT2D eigenvalue weighted by Crippen LogP contribution is -2.74. The molecule has 10 nitrogen and oxygen atoms in total. The molecule has 2 saturated carbocycles. The molecule has 3 aliphatic carbocycles. The number of amides is 1. The van der Waals surface area contributed by atoms with Crippen molar-refractivity contribution in [2.45, 2.75) is 51.3 Å². The van der Waals surface area contributed by atoms with Crippen LogP contribution in [0.25, 0.3) is 0 Å². The van der Waals surface area contributed by atoms with E-state index < -0.39 is 75.9 Å². The molecule has 2 unspecified atom stereocenters. The maximum atomic E-state index is 16.0. The van der Waals surface area contributed by atoms with Gasteiger partial charge in [0, 0.05) is 36.7 Å². The Morgan fingerprint density at radius 2 is 1.75 bits per heavy atom. The van der Waals surface area contributed by atoms with Crippen LogP contribution in [0.15, 0.2) is 6.07 Å². The molecule has 5 rings (SSSR count). The molecule has 0 bridgehead atoms. The van der Waals surface area contributed by atoms with Crippen molar-refractivity contribution >= 4 is 29.0 Å². The van der Waals surface area contributed by atoms with Gasteiger partial charge < -0.3 is 15.9 Å². The summed E-state index contributed by atoms with van der Waals surface area (Å²) >= 11 is 0. The van der Waals surface area contributed by atoms with Crippen molar-refractivity contribution in [3.05, 3.63) is 28.6 Å². The Labute approximate surface area is 231 Å². The SMILES string of the molecule is C[C@@H]1C[C@H](C)CN(Cc2cc(O)c3c(c2F)C[C@H]2C[C@H]4[C@H](N(C)C)C(=O)C(C(N)=O)C(=O)[C@@]4(O)C(=O)C2C3=O)C1. The van der Waals surface area contributed by atoms with Gasteiger partial charge in [-0.3, -0.25) is 33.8 Å². The molecule has 0 aromatic heterocycles. The number of carbonyl (C=O) groups excluding carboxylic acids is 5.